The fraction of sp³-hybridized carbons (Fsp3) is 0.227. The highest BCUT2D eigenvalue weighted by Gasteiger charge is 2.27. The summed E-state index contributed by atoms with van der Waals surface area (Å²) >= 11 is 6.27. The standard InChI is InChI=1S/C22H22ClN7/c1-12-15-5-6-19(21(15)30-29-12)28-20-7-2-13(10-26-20)9-25-14-3-4-16-17(8-14)18(23)11-27-22(16)24/h2-4,7-8,10-11,19,25H,5-6,9H2,1H3,(H2,24,27)(H,26,28)(H,29,30). The van der Waals surface area contributed by atoms with Gasteiger partial charge in [-0.3, -0.25) is 5.10 Å². The number of anilines is 3. The molecule has 0 saturated heterocycles. The molecule has 30 heavy (non-hydrogen) atoms. The average molecular weight is 420 g/mol. The number of benzene rings is 1. The molecule has 1 aliphatic carbocycles. The van der Waals surface area contributed by atoms with Crippen molar-refractivity contribution in [2.24, 2.45) is 0 Å². The fourth-order valence-electron chi connectivity index (χ4n) is 3.98. The third-order valence-corrected chi connectivity index (χ3v) is 5.93. The van der Waals surface area contributed by atoms with Gasteiger partial charge in [0.05, 0.1) is 16.8 Å². The van der Waals surface area contributed by atoms with Crippen molar-refractivity contribution in [1.29, 1.82) is 0 Å². The van der Waals surface area contributed by atoms with E-state index in [1.807, 2.05) is 30.5 Å². The number of nitrogen functional groups attached to an aromatic ring is 1. The van der Waals surface area contributed by atoms with E-state index >= 15 is 0 Å². The Hall–Kier alpha value is -3.32. The zero-order chi connectivity index (χ0) is 20.7. The molecule has 0 spiro atoms. The maximum atomic E-state index is 6.27. The van der Waals surface area contributed by atoms with E-state index in [-0.39, 0.29) is 6.04 Å². The van der Waals surface area contributed by atoms with Crippen molar-refractivity contribution < 1.29 is 0 Å². The molecule has 0 fully saturated rings. The Kier molecular flexibility index (Phi) is 4.67. The minimum Gasteiger partial charge on any atom is -0.383 e. The van der Waals surface area contributed by atoms with Gasteiger partial charge in [-0.15, -0.1) is 0 Å². The number of aromatic nitrogens is 4. The lowest BCUT2D eigenvalue weighted by atomic mass is 10.1. The van der Waals surface area contributed by atoms with E-state index in [2.05, 4.69) is 43.8 Å². The quantitative estimate of drug-likeness (QED) is 0.376. The molecule has 0 aliphatic heterocycles. The molecule has 1 aromatic carbocycles. The second-order valence-corrected chi connectivity index (χ2v) is 8.01. The van der Waals surface area contributed by atoms with E-state index in [0.717, 1.165) is 52.1 Å². The molecule has 4 aromatic rings. The van der Waals surface area contributed by atoms with Crippen LogP contribution >= 0.6 is 11.6 Å². The van der Waals surface area contributed by atoms with Crippen LogP contribution in [-0.2, 0) is 13.0 Å². The summed E-state index contributed by atoms with van der Waals surface area (Å²) in [5.74, 6) is 1.34. The molecule has 1 aliphatic rings. The number of pyridine rings is 2. The van der Waals surface area contributed by atoms with Gasteiger partial charge >= 0.3 is 0 Å². The second-order valence-electron chi connectivity index (χ2n) is 7.60. The SMILES string of the molecule is Cc1[nH]nc2c1CCC2Nc1ccc(CNc2ccc3c(N)ncc(Cl)c3c2)cn1. The van der Waals surface area contributed by atoms with Crippen LogP contribution in [0.3, 0.4) is 0 Å². The minimum absolute atomic E-state index is 0.214. The molecule has 1 unspecified atom stereocenters. The normalized spacial score (nSPS) is 15.3. The number of H-pyrrole nitrogens is 1. The van der Waals surface area contributed by atoms with Crippen molar-refractivity contribution in [2.45, 2.75) is 32.4 Å². The topological polar surface area (TPSA) is 105 Å². The molecule has 3 aromatic heterocycles. The van der Waals surface area contributed by atoms with E-state index in [9.17, 15) is 0 Å². The molecule has 7 nitrogen and oxygen atoms in total. The van der Waals surface area contributed by atoms with Gasteiger partial charge in [-0.25, -0.2) is 9.97 Å². The fourth-order valence-corrected chi connectivity index (χ4v) is 4.18. The van der Waals surface area contributed by atoms with Gasteiger partial charge in [-0.05, 0) is 55.2 Å². The van der Waals surface area contributed by atoms with Crippen LogP contribution in [0.2, 0.25) is 5.02 Å². The van der Waals surface area contributed by atoms with Crippen molar-refractivity contribution in [1.82, 2.24) is 20.2 Å². The van der Waals surface area contributed by atoms with Crippen LogP contribution in [0.15, 0.2) is 42.7 Å². The molecule has 0 saturated carbocycles. The molecule has 5 N–H and O–H groups in total. The number of hydrogen-bond acceptors (Lipinski definition) is 6. The number of nitrogens with two attached hydrogens (primary N) is 1. The zero-order valence-corrected chi connectivity index (χ0v) is 17.3. The van der Waals surface area contributed by atoms with Crippen LogP contribution < -0.4 is 16.4 Å². The number of hydrogen-bond donors (Lipinski definition) is 4. The van der Waals surface area contributed by atoms with Gasteiger partial charge in [-0.1, -0.05) is 17.7 Å². The second kappa shape index (κ2) is 7.50. The van der Waals surface area contributed by atoms with E-state index in [4.69, 9.17) is 17.3 Å². The Labute approximate surface area is 179 Å². The minimum atomic E-state index is 0.214. The molecule has 5 rings (SSSR count). The number of aryl methyl sites for hydroxylation is 1. The first kappa shape index (κ1) is 18.7. The van der Waals surface area contributed by atoms with Crippen molar-refractivity contribution in [3.05, 3.63) is 70.3 Å². The lowest BCUT2D eigenvalue weighted by Gasteiger charge is -2.13. The highest BCUT2D eigenvalue weighted by atomic mass is 35.5. The van der Waals surface area contributed by atoms with E-state index in [1.165, 1.54) is 5.56 Å². The Morgan fingerprint density at radius 3 is 2.90 bits per heavy atom. The molecule has 1 atom stereocenters. The van der Waals surface area contributed by atoms with E-state index in [1.54, 1.807) is 6.20 Å². The van der Waals surface area contributed by atoms with E-state index in [0.29, 0.717) is 17.4 Å². The largest absolute Gasteiger partial charge is 0.383 e. The van der Waals surface area contributed by atoms with Gasteiger partial charge in [0, 0.05) is 41.1 Å². The lowest BCUT2D eigenvalue weighted by Crippen LogP contribution is -2.09. The molecule has 3 heterocycles. The Bertz CT molecular complexity index is 1220. The van der Waals surface area contributed by atoms with Crippen LogP contribution in [0.1, 0.15) is 35.0 Å². The van der Waals surface area contributed by atoms with Crippen molar-refractivity contribution in [2.75, 3.05) is 16.4 Å². The molecule has 0 bridgehead atoms. The predicted molar refractivity (Wildman–Crippen MR) is 121 cm³/mol. The molecule has 152 valence electrons. The van der Waals surface area contributed by atoms with Crippen LogP contribution in [0, 0.1) is 6.92 Å². The van der Waals surface area contributed by atoms with Gasteiger partial charge < -0.3 is 16.4 Å². The number of nitrogens with zero attached hydrogens (tertiary/aromatic N) is 3. The molecular weight excluding hydrogens is 398 g/mol. The van der Waals surface area contributed by atoms with Gasteiger partial charge in [-0.2, -0.15) is 5.10 Å². The van der Waals surface area contributed by atoms with Crippen molar-refractivity contribution in [3.8, 4) is 0 Å². The highest BCUT2D eigenvalue weighted by molar-refractivity contribution is 6.35. The first-order chi connectivity index (χ1) is 14.6. The van der Waals surface area contributed by atoms with Crippen LogP contribution in [-0.4, -0.2) is 20.2 Å². The summed E-state index contributed by atoms with van der Waals surface area (Å²) in [5, 5.41) is 16.8. The number of aromatic amines is 1. The summed E-state index contributed by atoms with van der Waals surface area (Å²) in [5.41, 5.74) is 11.6. The van der Waals surface area contributed by atoms with Gasteiger partial charge in [0.25, 0.3) is 0 Å². The summed E-state index contributed by atoms with van der Waals surface area (Å²) in [6.45, 7) is 2.73. The summed E-state index contributed by atoms with van der Waals surface area (Å²) in [6, 6.07) is 10.2. The van der Waals surface area contributed by atoms with Crippen LogP contribution in [0.25, 0.3) is 10.8 Å². The Morgan fingerprint density at radius 1 is 1.17 bits per heavy atom. The van der Waals surface area contributed by atoms with Gasteiger partial charge in [0.2, 0.25) is 0 Å². The summed E-state index contributed by atoms with van der Waals surface area (Å²) < 4.78 is 0. The number of nitrogens with one attached hydrogen (secondary N) is 3. The zero-order valence-electron chi connectivity index (χ0n) is 16.5. The summed E-state index contributed by atoms with van der Waals surface area (Å²) in [4.78, 5) is 8.67. The number of fused-ring (bicyclic) bond motifs is 2. The smallest absolute Gasteiger partial charge is 0.131 e. The molecule has 8 heteroatoms. The molecule has 0 radical (unpaired) electrons. The first-order valence-electron chi connectivity index (χ1n) is 9.91. The maximum absolute atomic E-state index is 6.27. The monoisotopic (exact) mass is 419 g/mol. The predicted octanol–water partition coefficient (Wildman–Crippen LogP) is 4.61. The van der Waals surface area contributed by atoms with Crippen LogP contribution in [0.4, 0.5) is 17.3 Å². The maximum Gasteiger partial charge on any atom is 0.131 e. The molecular formula is C22H22ClN7. The lowest BCUT2D eigenvalue weighted by molar-refractivity contribution is 0.722. The average Bonchev–Trinajstić information content (AvgIpc) is 3.33. The summed E-state index contributed by atoms with van der Waals surface area (Å²) in [6.07, 6.45) is 5.56. The third-order valence-electron chi connectivity index (χ3n) is 5.63. The van der Waals surface area contributed by atoms with E-state index < -0.39 is 0 Å². The summed E-state index contributed by atoms with van der Waals surface area (Å²) in [7, 11) is 0. The van der Waals surface area contributed by atoms with Crippen molar-refractivity contribution >= 4 is 39.7 Å². The molecule has 0 amide bonds. The Morgan fingerprint density at radius 2 is 2.07 bits per heavy atom. The number of rotatable bonds is 5. The third kappa shape index (κ3) is 3.41. The number of halogens is 1. The van der Waals surface area contributed by atoms with Gasteiger partial charge in [0.1, 0.15) is 11.6 Å². The first-order valence-corrected chi connectivity index (χ1v) is 10.3. The Balaban J connectivity index is 1.25. The highest BCUT2D eigenvalue weighted by Crippen LogP contribution is 2.33. The van der Waals surface area contributed by atoms with Crippen molar-refractivity contribution in [3.63, 3.8) is 0 Å². The van der Waals surface area contributed by atoms with Crippen LogP contribution in [0.5, 0.6) is 0 Å². The van der Waals surface area contributed by atoms with Gasteiger partial charge in [0.15, 0.2) is 0 Å².